The Bertz CT molecular complexity index is 270. The molecular weight excluding hydrogens is 321 g/mol. The Morgan fingerprint density at radius 1 is 1.05 bits per heavy atom. The predicted molar refractivity (Wildman–Crippen MR) is 99.1 cm³/mol. The van der Waals surface area contributed by atoms with Gasteiger partial charge < -0.3 is 16.4 Å². The highest BCUT2D eigenvalue weighted by atomic mass is 35.5. The lowest BCUT2D eigenvalue weighted by molar-refractivity contribution is -0.131. The summed E-state index contributed by atoms with van der Waals surface area (Å²) in [6.45, 7) is 6.09. The second kappa shape index (κ2) is 13.4. The summed E-state index contributed by atoms with van der Waals surface area (Å²) in [5.41, 5.74) is 5.42. The number of carbonyl (C=O) groups is 1. The van der Waals surface area contributed by atoms with Crippen molar-refractivity contribution >= 4 is 30.7 Å². The van der Waals surface area contributed by atoms with Crippen LogP contribution >= 0.6 is 24.8 Å². The largest absolute Gasteiger partial charge is 0.354 e. The Labute approximate surface area is 148 Å². The average molecular weight is 356 g/mol. The molecule has 0 heterocycles. The van der Waals surface area contributed by atoms with Gasteiger partial charge in [-0.05, 0) is 25.7 Å². The summed E-state index contributed by atoms with van der Waals surface area (Å²) in [5.74, 6) is 0.118. The van der Waals surface area contributed by atoms with Gasteiger partial charge in [0, 0.05) is 25.7 Å². The van der Waals surface area contributed by atoms with Gasteiger partial charge in [0.25, 0.3) is 0 Å². The SMILES string of the molecule is CCC(CC)(CN)C(=O)NCCNC1CCCCCC1.Cl.Cl. The molecule has 1 rings (SSSR count). The molecule has 0 aromatic heterocycles. The van der Waals surface area contributed by atoms with Crippen LogP contribution in [0.5, 0.6) is 0 Å². The van der Waals surface area contributed by atoms with Crippen LogP contribution in [0.2, 0.25) is 0 Å². The van der Waals surface area contributed by atoms with E-state index in [2.05, 4.69) is 10.6 Å². The van der Waals surface area contributed by atoms with Gasteiger partial charge in [-0.2, -0.15) is 0 Å². The first-order valence-electron chi connectivity index (χ1n) is 8.40. The number of nitrogens with one attached hydrogen (secondary N) is 2. The van der Waals surface area contributed by atoms with Crippen molar-refractivity contribution in [3.63, 3.8) is 0 Å². The molecule has 0 saturated heterocycles. The molecule has 6 heteroatoms. The van der Waals surface area contributed by atoms with E-state index in [0.29, 0.717) is 19.1 Å². The minimum atomic E-state index is -0.373. The fourth-order valence-corrected chi connectivity index (χ4v) is 3.08. The lowest BCUT2D eigenvalue weighted by atomic mass is 9.81. The van der Waals surface area contributed by atoms with Crippen molar-refractivity contribution in [1.29, 1.82) is 0 Å². The van der Waals surface area contributed by atoms with E-state index >= 15 is 0 Å². The van der Waals surface area contributed by atoms with Crippen LogP contribution in [0.15, 0.2) is 0 Å². The maximum absolute atomic E-state index is 12.2. The molecule has 0 aromatic rings. The standard InChI is InChI=1S/C16H33N3O.2ClH/c1-3-16(4-2,13-17)15(20)19-12-11-18-14-9-7-5-6-8-10-14;;/h14,18H,3-13,17H2,1-2H3,(H,19,20);2*1H. The molecule has 1 aliphatic rings. The van der Waals surface area contributed by atoms with Crippen LogP contribution in [-0.4, -0.2) is 31.6 Å². The number of carbonyl (C=O) groups excluding carboxylic acids is 1. The molecule has 1 aliphatic carbocycles. The Balaban J connectivity index is 0. The van der Waals surface area contributed by atoms with Gasteiger partial charge in [-0.3, -0.25) is 4.79 Å². The molecular formula is C16H35Cl2N3O. The number of nitrogens with two attached hydrogens (primary N) is 1. The van der Waals surface area contributed by atoms with Gasteiger partial charge in [-0.1, -0.05) is 39.5 Å². The third-order valence-electron chi connectivity index (χ3n) is 4.92. The van der Waals surface area contributed by atoms with E-state index in [0.717, 1.165) is 19.4 Å². The van der Waals surface area contributed by atoms with E-state index in [1.54, 1.807) is 0 Å². The van der Waals surface area contributed by atoms with Crippen LogP contribution in [-0.2, 0) is 4.79 Å². The van der Waals surface area contributed by atoms with Crippen molar-refractivity contribution in [1.82, 2.24) is 10.6 Å². The van der Waals surface area contributed by atoms with Gasteiger partial charge in [-0.15, -0.1) is 24.8 Å². The van der Waals surface area contributed by atoms with Gasteiger partial charge in [0.05, 0.1) is 5.41 Å². The van der Waals surface area contributed by atoms with Gasteiger partial charge >= 0.3 is 0 Å². The monoisotopic (exact) mass is 355 g/mol. The van der Waals surface area contributed by atoms with Crippen molar-refractivity contribution in [2.75, 3.05) is 19.6 Å². The smallest absolute Gasteiger partial charge is 0.227 e. The van der Waals surface area contributed by atoms with Gasteiger partial charge in [0.2, 0.25) is 5.91 Å². The van der Waals surface area contributed by atoms with E-state index in [9.17, 15) is 4.79 Å². The van der Waals surface area contributed by atoms with E-state index in [-0.39, 0.29) is 36.1 Å². The maximum atomic E-state index is 12.2. The fraction of sp³-hybridized carbons (Fsp3) is 0.938. The summed E-state index contributed by atoms with van der Waals surface area (Å²) in [4.78, 5) is 12.2. The quantitative estimate of drug-likeness (QED) is 0.463. The molecule has 0 atom stereocenters. The van der Waals surface area contributed by atoms with Crippen LogP contribution in [0.25, 0.3) is 0 Å². The summed E-state index contributed by atoms with van der Waals surface area (Å²) >= 11 is 0. The zero-order chi connectivity index (χ0) is 14.8. The molecule has 1 fully saturated rings. The van der Waals surface area contributed by atoms with Crippen molar-refractivity contribution in [3.05, 3.63) is 0 Å². The second-order valence-corrected chi connectivity index (χ2v) is 6.09. The van der Waals surface area contributed by atoms with Crippen molar-refractivity contribution in [2.45, 2.75) is 71.3 Å². The average Bonchev–Trinajstić information content (AvgIpc) is 2.75. The molecule has 0 aliphatic heterocycles. The molecule has 22 heavy (non-hydrogen) atoms. The minimum absolute atomic E-state index is 0. The molecule has 0 aromatic carbocycles. The van der Waals surface area contributed by atoms with Crippen LogP contribution in [0, 0.1) is 5.41 Å². The molecule has 1 amide bonds. The minimum Gasteiger partial charge on any atom is -0.354 e. The predicted octanol–water partition coefficient (Wildman–Crippen LogP) is 3.02. The number of amides is 1. The molecule has 0 unspecified atom stereocenters. The Morgan fingerprint density at radius 2 is 1.59 bits per heavy atom. The molecule has 1 saturated carbocycles. The van der Waals surface area contributed by atoms with Gasteiger partial charge in [0.1, 0.15) is 0 Å². The number of hydrogen-bond donors (Lipinski definition) is 3. The van der Waals surface area contributed by atoms with Crippen molar-refractivity contribution in [2.24, 2.45) is 11.1 Å². The molecule has 4 N–H and O–H groups in total. The van der Waals surface area contributed by atoms with Crippen LogP contribution in [0.1, 0.15) is 65.2 Å². The Hall–Kier alpha value is -0.0300. The molecule has 0 radical (unpaired) electrons. The number of hydrogen-bond acceptors (Lipinski definition) is 3. The summed E-state index contributed by atoms with van der Waals surface area (Å²) in [6, 6.07) is 0.644. The van der Waals surface area contributed by atoms with Crippen molar-refractivity contribution < 1.29 is 4.79 Å². The molecule has 0 bridgehead atoms. The topological polar surface area (TPSA) is 67.2 Å². The summed E-state index contributed by atoms with van der Waals surface area (Å²) in [7, 11) is 0. The van der Waals surface area contributed by atoms with Gasteiger partial charge in [0.15, 0.2) is 0 Å². The fourth-order valence-electron chi connectivity index (χ4n) is 3.08. The number of rotatable bonds is 8. The highest BCUT2D eigenvalue weighted by molar-refractivity contribution is 5.85. The van der Waals surface area contributed by atoms with E-state index in [1.807, 2.05) is 13.8 Å². The van der Waals surface area contributed by atoms with Gasteiger partial charge in [-0.25, -0.2) is 0 Å². The number of halogens is 2. The van der Waals surface area contributed by atoms with E-state index < -0.39 is 0 Å². The first-order chi connectivity index (χ1) is 9.68. The first-order valence-corrected chi connectivity index (χ1v) is 8.40. The summed E-state index contributed by atoms with van der Waals surface area (Å²) in [6.07, 6.45) is 9.61. The molecule has 4 nitrogen and oxygen atoms in total. The maximum Gasteiger partial charge on any atom is 0.227 e. The normalized spacial score (nSPS) is 16.1. The van der Waals surface area contributed by atoms with E-state index in [1.165, 1.54) is 38.5 Å². The Morgan fingerprint density at radius 3 is 2.05 bits per heavy atom. The van der Waals surface area contributed by atoms with Crippen molar-refractivity contribution in [3.8, 4) is 0 Å². The van der Waals surface area contributed by atoms with E-state index in [4.69, 9.17) is 5.73 Å². The van der Waals surface area contributed by atoms with Crippen LogP contribution in [0.3, 0.4) is 0 Å². The van der Waals surface area contributed by atoms with Crippen LogP contribution in [0.4, 0.5) is 0 Å². The van der Waals surface area contributed by atoms with Crippen LogP contribution < -0.4 is 16.4 Å². The summed E-state index contributed by atoms with van der Waals surface area (Å²) < 4.78 is 0. The Kier molecular flexibility index (Phi) is 14.8. The third kappa shape index (κ3) is 7.49. The zero-order valence-corrected chi connectivity index (χ0v) is 15.8. The summed E-state index contributed by atoms with van der Waals surface area (Å²) in [5, 5.41) is 6.63. The second-order valence-electron chi connectivity index (χ2n) is 6.09. The highest BCUT2D eigenvalue weighted by Gasteiger charge is 2.32. The lowest BCUT2D eigenvalue weighted by Gasteiger charge is -2.28. The lowest BCUT2D eigenvalue weighted by Crippen LogP contribution is -2.47. The third-order valence-corrected chi connectivity index (χ3v) is 4.92. The molecule has 134 valence electrons. The first kappa shape index (κ1) is 24.2. The molecule has 0 spiro atoms. The zero-order valence-electron chi connectivity index (χ0n) is 14.2. The highest BCUT2D eigenvalue weighted by Crippen LogP contribution is 2.24.